The molecular weight excluding hydrogens is 444 g/mol. The molecule has 8 nitrogen and oxygen atoms in total. The fourth-order valence-electron chi connectivity index (χ4n) is 2.88. The summed E-state index contributed by atoms with van der Waals surface area (Å²) >= 11 is 1.31. The van der Waals surface area contributed by atoms with Gasteiger partial charge in [-0.3, -0.25) is 9.59 Å². The van der Waals surface area contributed by atoms with Gasteiger partial charge in [0.1, 0.15) is 0 Å². The summed E-state index contributed by atoms with van der Waals surface area (Å²) in [4.78, 5) is 47.9. The van der Waals surface area contributed by atoms with Crippen molar-refractivity contribution in [2.75, 3.05) is 10.6 Å². The van der Waals surface area contributed by atoms with Gasteiger partial charge in [0.2, 0.25) is 5.91 Å². The highest BCUT2D eigenvalue weighted by Crippen LogP contribution is 2.26. The monoisotopic (exact) mass is 464 g/mol. The second kappa shape index (κ2) is 10.5. The Morgan fingerprint density at radius 3 is 1.85 bits per heavy atom. The van der Waals surface area contributed by atoms with Crippen LogP contribution in [-0.4, -0.2) is 39.2 Å². The molecule has 4 N–H and O–H groups in total. The van der Waals surface area contributed by atoms with E-state index in [0.717, 1.165) is 4.90 Å². The van der Waals surface area contributed by atoms with Gasteiger partial charge in [0.15, 0.2) is 0 Å². The third-order valence-corrected chi connectivity index (χ3v) is 5.71. The van der Waals surface area contributed by atoms with Crippen molar-refractivity contribution in [1.82, 2.24) is 0 Å². The Bertz CT molecular complexity index is 1190. The molecule has 0 aromatic heterocycles. The number of carbonyl (C=O) groups is 4. The molecule has 2 amide bonds. The van der Waals surface area contributed by atoms with Crippen molar-refractivity contribution in [3.05, 3.63) is 89.5 Å². The number of carboxylic acid groups (broad SMARTS) is 2. The van der Waals surface area contributed by atoms with E-state index >= 15 is 0 Å². The zero-order valence-corrected chi connectivity index (χ0v) is 18.3. The Morgan fingerprint density at radius 1 is 0.727 bits per heavy atom. The summed E-state index contributed by atoms with van der Waals surface area (Å²) in [5.41, 5.74) is 1.09. The van der Waals surface area contributed by atoms with E-state index in [4.69, 9.17) is 5.11 Å². The van der Waals surface area contributed by atoms with Crippen molar-refractivity contribution in [3.63, 3.8) is 0 Å². The molecule has 0 heterocycles. The van der Waals surface area contributed by atoms with Gasteiger partial charge in [0, 0.05) is 16.3 Å². The summed E-state index contributed by atoms with van der Waals surface area (Å²) in [6.07, 6.45) is 0. The molecule has 9 heteroatoms. The van der Waals surface area contributed by atoms with Crippen molar-refractivity contribution in [1.29, 1.82) is 0 Å². The highest BCUT2D eigenvalue weighted by Gasteiger charge is 2.17. The van der Waals surface area contributed by atoms with Crippen molar-refractivity contribution >= 4 is 46.9 Å². The molecule has 3 aromatic rings. The van der Waals surface area contributed by atoms with E-state index in [0.29, 0.717) is 11.4 Å². The molecule has 0 saturated heterocycles. The first-order valence-electron chi connectivity index (χ1n) is 9.79. The topological polar surface area (TPSA) is 133 Å². The average Bonchev–Trinajstić information content (AvgIpc) is 2.80. The highest BCUT2D eigenvalue weighted by molar-refractivity contribution is 8.00. The van der Waals surface area contributed by atoms with Crippen molar-refractivity contribution in [2.45, 2.75) is 17.1 Å². The number of nitrogens with one attached hydrogen (secondary N) is 2. The fourth-order valence-corrected chi connectivity index (χ4v) is 3.75. The van der Waals surface area contributed by atoms with Gasteiger partial charge in [-0.05, 0) is 67.6 Å². The molecule has 0 aliphatic heterocycles. The van der Waals surface area contributed by atoms with E-state index in [9.17, 15) is 24.3 Å². The summed E-state index contributed by atoms with van der Waals surface area (Å²) in [5.74, 6) is -3.00. The molecule has 0 bridgehead atoms. The first-order chi connectivity index (χ1) is 15.7. The Kier molecular flexibility index (Phi) is 7.47. The number of carboxylic acids is 2. The quantitative estimate of drug-likeness (QED) is 0.362. The minimum Gasteiger partial charge on any atom is -0.478 e. The van der Waals surface area contributed by atoms with Gasteiger partial charge < -0.3 is 20.8 Å². The van der Waals surface area contributed by atoms with Gasteiger partial charge in [-0.25, -0.2) is 9.59 Å². The van der Waals surface area contributed by atoms with E-state index in [1.54, 1.807) is 43.3 Å². The van der Waals surface area contributed by atoms with Crippen molar-refractivity contribution in [3.8, 4) is 0 Å². The highest BCUT2D eigenvalue weighted by atomic mass is 32.2. The lowest BCUT2D eigenvalue weighted by atomic mass is 10.1. The first kappa shape index (κ1) is 23.6. The van der Waals surface area contributed by atoms with Crippen LogP contribution in [0.4, 0.5) is 11.4 Å². The fraction of sp³-hybridized carbons (Fsp3) is 0.0833. The average molecular weight is 464 g/mol. The third-order valence-electron chi connectivity index (χ3n) is 4.60. The minimum atomic E-state index is -1.18. The van der Waals surface area contributed by atoms with Crippen LogP contribution in [0.5, 0.6) is 0 Å². The summed E-state index contributed by atoms with van der Waals surface area (Å²) in [6, 6.07) is 18.7. The van der Waals surface area contributed by atoms with Crippen LogP contribution in [0, 0.1) is 0 Å². The van der Waals surface area contributed by atoms with Gasteiger partial charge in [-0.15, -0.1) is 11.8 Å². The molecule has 0 spiro atoms. The molecule has 3 aromatic carbocycles. The molecule has 33 heavy (non-hydrogen) atoms. The Hall–Kier alpha value is -4.11. The zero-order chi connectivity index (χ0) is 24.0. The molecular formula is C24H20N2O6S. The van der Waals surface area contributed by atoms with Crippen molar-refractivity contribution in [2.24, 2.45) is 0 Å². The molecule has 0 radical (unpaired) electrons. The third kappa shape index (κ3) is 6.20. The van der Waals surface area contributed by atoms with Crippen LogP contribution >= 0.6 is 11.8 Å². The summed E-state index contributed by atoms with van der Waals surface area (Å²) < 4.78 is 0. The Morgan fingerprint density at radius 2 is 1.27 bits per heavy atom. The molecule has 1 unspecified atom stereocenters. The zero-order valence-electron chi connectivity index (χ0n) is 17.4. The van der Waals surface area contributed by atoms with E-state index < -0.39 is 23.1 Å². The minimum absolute atomic E-state index is 0.0603. The van der Waals surface area contributed by atoms with Crippen LogP contribution in [0.15, 0.2) is 77.7 Å². The maximum absolute atomic E-state index is 12.5. The number of amides is 2. The van der Waals surface area contributed by atoms with Crippen LogP contribution in [0.3, 0.4) is 0 Å². The number of thioether (sulfide) groups is 1. The number of hydrogen-bond acceptors (Lipinski definition) is 5. The number of benzene rings is 3. The van der Waals surface area contributed by atoms with Gasteiger partial charge in [0.25, 0.3) is 5.91 Å². The predicted molar refractivity (Wildman–Crippen MR) is 125 cm³/mol. The van der Waals surface area contributed by atoms with Gasteiger partial charge >= 0.3 is 11.9 Å². The lowest BCUT2D eigenvalue weighted by Crippen LogP contribution is -2.22. The number of aromatic carboxylic acids is 2. The van der Waals surface area contributed by atoms with E-state index in [-0.39, 0.29) is 22.6 Å². The Balaban J connectivity index is 1.58. The van der Waals surface area contributed by atoms with Gasteiger partial charge in [-0.2, -0.15) is 0 Å². The largest absolute Gasteiger partial charge is 0.478 e. The molecule has 0 saturated carbocycles. The van der Waals surface area contributed by atoms with Crippen LogP contribution in [0.1, 0.15) is 38.0 Å². The van der Waals surface area contributed by atoms with E-state index in [1.807, 2.05) is 0 Å². The molecule has 0 aliphatic rings. The molecule has 3 rings (SSSR count). The summed E-state index contributed by atoms with van der Waals surface area (Å²) in [6.45, 7) is 1.74. The van der Waals surface area contributed by atoms with Crippen LogP contribution in [0.25, 0.3) is 0 Å². The normalized spacial score (nSPS) is 11.3. The lowest BCUT2D eigenvalue weighted by molar-refractivity contribution is -0.115. The van der Waals surface area contributed by atoms with Crippen molar-refractivity contribution < 1.29 is 29.4 Å². The summed E-state index contributed by atoms with van der Waals surface area (Å²) in [7, 11) is 0. The summed E-state index contributed by atoms with van der Waals surface area (Å²) in [5, 5.41) is 23.1. The van der Waals surface area contributed by atoms with Crippen LogP contribution in [0.2, 0.25) is 0 Å². The number of anilines is 2. The second-order valence-corrected chi connectivity index (χ2v) is 8.38. The number of hydrogen-bond donors (Lipinski definition) is 4. The molecule has 1 atom stereocenters. The SMILES string of the molecule is CC(Sc1ccc(NC(=O)c2ccccc2C(=O)O)cc1)C(=O)Nc1ccc(C(=O)O)cc1. The predicted octanol–water partition coefficient (Wildman–Crippen LogP) is 4.45. The van der Waals surface area contributed by atoms with E-state index in [1.165, 1.54) is 48.2 Å². The Labute approximate surface area is 193 Å². The molecule has 168 valence electrons. The van der Waals surface area contributed by atoms with Gasteiger partial charge in [0.05, 0.1) is 21.9 Å². The first-order valence-corrected chi connectivity index (χ1v) is 10.7. The molecule has 0 fully saturated rings. The van der Waals surface area contributed by atoms with E-state index in [2.05, 4.69) is 10.6 Å². The lowest BCUT2D eigenvalue weighted by Gasteiger charge is -2.13. The maximum Gasteiger partial charge on any atom is 0.336 e. The second-order valence-electron chi connectivity index (χ2n) is 6.96. The van der Waals surface area contributed by atoms with Crippen LogP contribution in [-0.2, 0) is 4.79 Å². The number of rotatable bonds is 8. The maximum atomic E-state index is 12.5. The molecule has 0 aliphatic carbocycles. The standard InChI is InChI=1S/C24H20N2O6S/c1-14(21(27)25-16-8-6-15(7-9-16)23(29)30)33-18-12-10-17(11-13-18)26-22(28)19-4-2-3-5-20(19)24(31)32/h2-14H,1H3,(H,25,27)(H,26,28)(H,29,30)(H,31,32). The van der Waals surface area contributed by atoms with Crippen LogP contribution < -0.4 is 10.6 Å². The van der Waals surface area contributed by atoms with Gasteiger partial charge in [-0.1, -0.05) is 12.1 Å². The number of carbonyl (C=O) groups excluding carboxylic acids is 2. The smallest absolute Gasteiger partial charge is 0.336 e.